The van der Waals surface area contributed by atoms with Crippen molar-refractivity contribution >= 4 is 22.5 Å². The Bertz CT molecular complexity index is 713. The van der Waals surface area contributed by atoms with E-state index >= 15 is 0 Å². The topological polar surface area (TPSA) is 58.0 Å². The van der Waals surface area contributed by atoms with Crippen molar-refractivity contribution in [3.8, 4) is 0 Å². The predicted octanol–water partition coefficient (Wildman–Crippen LogP) is 2.09. The quantitative estimate of drug-likeness (QED) is 0.860. The lowest BCUT2D eigenvalue weighted by Gasteiger charge is -2.22. The summed E-state index contributed by atoms with van der Waals surface area (Å²) < 4.78 is 4.31. The largest absolute Gasteiger partial charge is 0.356 e. The van der Waals surface area contributed by atoms with Gasteiger partial charge in [-0.1, -0.05) is 0 Å². The minimum absolute atomic E-state index is 0.690. The van der Waals surface area contributed by atoms with Gasteiger partial charge in [0.25, 0.3) is 0 Å². The summed E-state index contributed by atoms with van der Waals surface area (Å²) in [6.07, 6.45) is 4.32. The van der Waals surface area contributed by atoms with Crippen LogP contribution in [0.4, 0.5) is 10.9 Å². The van der Waals surface area contributed by atoms with Crippen LogP contribution in [-0.4, -0.2) is 45.5 Å². The number of hydrogen-bond donors (Lipinski definition) is 0. The van der Waals surface area contributed by atoms with Gasteiger partial charge in [0.15, 0.2) is 0 Å². The molecule has 3 fully saturated rings. The summed E-state index contributed by atoms with van der Waals surface area (Å²) in [6.45, 7) is 6.35. The fraction of sp³-hybridized carbons (Fsp3) is 0.625. The van der Waals surface area contributed by atoms with Crippen LogP contribution in [0.5, 0.6) is 0 Å². The summed E-state index contributed by atoms with van der Waals surface area (Å²) in [6, 6.07) is 2.21. The van der Waals surface area contributed by atoms with E-state index in [2.05, 4.69) is 35.2 Å². The summed E-state index contributed by atoms with van der Waals surface area (Å²) >= 11 is 1.53. The first-order valence-corrected chi connectivity index (χ1v) is 9.16. The Labute approximate surface area is 139 Å². The molecule has 0 aromatic carbocycles. The van der Waals surface area contributed by atoms with Crippen molar-refractivity contribution in [3.63, 3.8) is 0 Å². The highest BCUT2D eigenvalue weighted by atomic mass is 32.1. The monoisotopic (exact) mass is 328 g/mol. The van der Waals surface area contributed by atoms with Gasteiger partial charge in [-0.05, 0) is 19.8 Å². The molecule has 2 aromatic heterocycles. The summed E-state index contributed by atoms with van der Waals surface area (Å²) in [5, 5.41) is 1.08. The highest BCUT2D eigenvalue weighted by Crippen LogP contribution is 2.40. The van der Waals surface area contributed by atoms with Crippen molar-refractivity contribution in [2.75, 3.05) is 36.0 Å². The number of hydrogen-bond acceptors (Lipinski definition) is 7. The Balaban J connectivity index is 1.29. The molecule has 2 aromatic rings. The second kappa shape index (κ2) is 5.12. The molecule has 4 heterocycles. The van der Waals surface area contributed by atoms with Gasteiger partial charge in [0, 0.05) is 67.2 Å². The lowest BCUT2D eigenvalue weighted by molar-refractivity contribution is 0.533. The van der Waals surface area contributed by atoms with E-state index in [0.717, 1.165) is 43.0 Å². The van der Waals surface area contributed by atoms with E-state index in [1.165, 1.54) is 30.1 Å². The summed E-state index contributed by atoms with van der Waals surface area (Å²) in [4.78, 5) is 18.4. The second-order valence-electron chi connectivity index (χ2n) is 7.03. The van der Waals surface area contributed by atoms with Gasteiger partial charge in [0.1, 0.15) is 18.0 Å². The molecule has 6 nitrogen and oxygen atoms in total. The van der Waals surface area contributed by atoms with Crippen molar-refractivity contribution < 1.29 is 0 Å². The zero-order valence-electron chi connectivity index (χ0n) is 13.2. The van der Waals surface area contributed by atoms with Crippen molar-refractivity contribution in [1.82, 2.24) is 19.3 Å². The van der Waals surface area contributed by atoms with Crippen LogP contribution < -0.4 is 9.80 Å². The first-order chi connectivity index (χ1) is 11.3. The van der Waals surface area contributed by atoms with Gasteiger partial charge in [-0.3, -0.25) is 0 Å². The molecule has 3 aliphatic rings. The van der Waals surface area contributed by atoms with E-state index < -0.39 is 0 Å². The lowest BCUT2D eigenvalue weighted by Crippen LogP contribution is -2.29. The molecule has 2 aliphatic heterocycles. The maximum absolute atomic E-state index is 4.53. The molecule has 0 amide bonds. The molecule has 0 bridgehead atoms. The van der Waals surface area contributed by atoms with Crippen LogP contribution in [-0.2, 0) is 0 Å². The van der Waals surface area contributed by atoms with Crippen molar-refractivity contribution in [2.45, 2.75) is 25.7 Å². The molecule has 1 saturated carbocycles. The third kappa shape index (κ3) is 2.47. The molecule has 0 spiro atoms. The Morgan fingerprint density at radius 1 is 1.04 bits per heavy atom. The van der Waals surface area contributed by atoms with Gasteiger partial charge < -0.3 is 9.80 Å². The fourth-order valence-electron chi connectivity index (χ4n) is 3.89. The standard InChI is InChI=1S/C16H20N6S/c1-10-19-16(23-20-10)22-7-12-5-21(6-13(12)8-22)15-4-14(11-2-3-11)17-9-18-15/h4,9,11-13H,2-3,5-8H2,1H3. The predicted molar refractivity (Wildman–Crippen MR) is 90.1 cm³/mol. The molecular weight excluding hydrogens is 308 g/mol. The highest BCUT2D eigenvalue weighted by molar-refractivity contribution is 7.09. The van der Waals surface area contributed by atoms with E-state index in [9.17, 15) is 0 Å². The van der Waals surface area contributed by atoms with Gasteiger partial charge >= 0.3 is 0 Å². The molecule has 1 aliphatic carbocycles. The molecule has 23 heavy (non-hydrogen) atoms. The molecule has 2 atom stereocenters. The maximum Gasteiger partial charge on any atom is 0.205 e. The number of rotatable bonds is 3. The second-order valence-corrected chi connectivity index (χ2v) is 7.76. The molecule has 2 unspecified atom stereocenters. The Hall–Kier alpha value is -1.76. The van der Waals surface area contributed by atoms with Crippen molar-refractivity contribution in [3.05, 3.63) is 23.9 Å². The third-order valence-corrected chi connectivity index (χ3v) is 6.14. The Morgan fingerprint density at radius 2 is 1.78 bits per heavy atom. The number of fused-ring (bicyclic) bond motifs is 1. The van der Waals surface area contributed by atoms with Gasteiger partial charge in [-0.25, -0.2) is 15.0 Å². The average Bonchev–Trinajstić information content (AvgIpc) is 3.00. The molecule has 120 valence electrons. The highest BCUT2D eigenvalue weighted by Gasteiger charge is 2.41. The van der Waals surface area contributed by atoms with Gasteiger partial charge in [-0.2, -0.15) is 4.37 Å². The number of aryl methyl sites for hydroxylation is 1. The minimum atomic E-state index is 0.690. The van der Waals surface area contributed by atoms with Gasteiger partial charge in [0.2, 0.25) is 5.13 Å². The van der Waals surface area contributed by atoms with Gasteiger partial charge in [0.05, 0.1) is 0 Å². The van der Waals surface area contributed by atoms with E-state index in [4.69, 9.17) is 0 Å². The first-order valence-electron chi connectivity index (χ1n) is 8.38. The van der Waals surface area contributed by atoms with Crippen LogP contribution in [0.25, 0.3) is 0 Å². The van der Waals surface area contributed by atoms with Crippen molar-refractivity contribution in [2.24, 2.45) is 11.8 Å². The van der Waals surface area contributed by atoms with Crippen LogP contribution in [0, 0.1) is 18.8 Å². The van der Waals surface area contributed by atoms with Crippen LogP contribution in [0.3, 0.4) is 0 Å². The van der Waals surface area contributed by atoms with Crippen LogP contribution in [0.1, 0.15) is 30.3 Å². The molecule has 7 heteroatoms. The molecule has 5 rings (SSSR count). The smallest absolute Gasteiger partial charge is 0.205 e. The fourth-order valence-corrected chi connectivity index (χ4v) is 4.58. The van der Waals surface area contributed by atoms with Crippen LogP contribution in [0.2, 0.25) is 0 Å². The van der Waals surface area contributed by atoms with E-state index in [-0.39, 0.29) is 0 Å². The van der Waals surface area contributed by atoms with Crippen LogP contribution in [0.15, 0.2) is 12.4 Å². The maximum atomic E-state index is 4.53. The summed E-state index contributed by atoms with van der Waals surface area (Å²) in [7, 11) is 0. The lowest BCUT2D eigenvalue weighted by atomic mass is 10.0. The first kappa shape index (κ1) is 13.7. The molecule has 0 N–H and O–H groups in total. The Kier molecular flexibility index (Phi) is 3.04. The average molecular weight is 328 g/mol. The van der Waals surface area contributed by atoms with E-state index in [1.54, 1.807) is 6.33 Å². The van der Waals surface area contributed by atoms with Crippen LogP contribution >= 0.6 is 11.5 Å². The zero-order valence-corrected chi connectivity index (χ0v) is 14.0. The van der Waals surface area contributed by atoms with E-state index in [1.807, 2.05) is 6.92 Å². The normalized spacial score (nSPS) is 26.8. The molecular formula is C16H20N6S. The van der Waals surface area contributed by atoms with Gasteiger partial charge in [-0.15, -0.1) is 0 Å². The van der Waals surface area contributed by atoms with E-state index in [0.29, 0.717) is 17.8 Å². The molecule has 0 radical (unpaired) electrons. The number of nitrogens with zero attached hydrogens (tertiary/aromatic N) is 6. The SMILES string of the molecule is Cc1nsc(N2CC3CN(c4cc(C5CC5)ncn4)CC3C2)n1. The zero-order chi connectivity index (χ0) is 15.4. The summed E-state index contributed by atoms with van der Waals surface area (Å²) in [5.74, 6) is 4.11. The third-order valence-electron chi connectivity index (χ3n) is 5.27. The number of anilines is 2. The summed E-state index contributed by atoms with van der Waals surface area (Å²) in [5.41, 5.74) is 1.23. The van der Waals surface area contributed by atoms with Crippen molar-refractivity contribution in [1.29, 1.82) is 0 Å². The Morgan fingerprint density at radius 3 is 2.43 bits per heavy atom. The minimum Gasteiger partial charge on any atom is -0.356 e. The molecule has 2 saturated heterocycles. The number of aromatic nitrogens is 4.